The standard InChI is InChI=1S/C14H21N3O/c15-13-12(14(16)18-17-13)6-11-9-2-7-1-8(4-9)5-10(11)3-7/h7-11H,1-6,16H2,(H2,15,17). The summed E-state index contributed by atoms with van der Waals surface area (Å²) in [5, 5.41) is 3.78. The van der Waals surface area contributed by atoms with E-state index >= 15 is 0 Å². The lowest BCUT2D eigenvalue weighted by atomic mass is 9.51. The van der Waals surface area contributed by atoms with Crippen molar-refractivity contribution in [1.29, 1.82) is 0 Å². The van der Waals surface area contributed by atoms with Crippen LogP contribution in [0, 0.1) is 29.6 Å². The number of rotatable bonds is 2. The maximum absolute atomic E-state index is 5.86. The molecule has 0 spiro atoms. The van der Waals surface area contributed by atoms with Crippen molar-refractivity contribution in [1.82, 2.24) is 5.16 Å². The molecule has 4 nitrogen and oxygen atoms in total. The van der Waals surface area contributed by atoms with Gasteiger partial charge in [0.1, 0.15) is 0 Å². The van der Waals surface area contributed by atoms with E-state index in [1.165, 1.54) is 32.1 Å². The van der Waals surface area contributed by atoms with E-state index in [2.05, 4.69) is 5.16 Å². The normalized spacial score (nSPS) is 41.4. The minimum atomic E-state index is 0.432. The third-order valence-electron chi connectivity index (χ3n) is 5.71. The van der Waals surface area contributed by atoms with Gasteiger partial charge in [-0.3, -0.25) is 0 Å². The molecule has 4 heteroatoms. The van der Waals surface area contributed by atoms with Crippen molar-refractivity contribution in [2.24, 2.45) is 29.6 Å². The Hall–Kier alpha value is -1.19. The summed E-state index contributed by atoms with van der Waals surface area (Å²) in [6.45, 7) is 0. The van der Waals surface area contributed by atoms with Gasteiger partial charge < -0.3 is 16.0 Å². The maximum atomic E-state index is 5.86. The fraction of sp³-hybridized carbons (Fsp3) is 0.786. The molecule has 0 aliphatic heterocycles. The van der Waals surface area contributed by atoms with Gasteiger partial charge in [0.2, 0.25) is 5.88 Å². The second-order valence-corrected chi connectivity index (χ2v) is 6.71. The van der Waals surface area contributed by atoms with Gasteiger partial charge >= 0.3 is 0 Å². The molecule has 98 valence electrons. The van der Waals surface area contributed by atoms with Gasteiger partial charge in [-0.1, -0.05) is 5.16 Å². The summed E-state index contributed by atoms with van der Waals surface area (Å²) in [5.41, 5.74) is 12.7. The number of nitrogens with zero attached hydrogens (tertiary/aromatic N) is 1. The molecule has 18 heavy (non-hydrogen) atoms. The fourth-order valence-corrected chi connectivity index (χ4v) is 5.15. The molecule has 0 saturated heterocycles. The molecule has 4 aliphatic carbocycles. The van der Waals surface area contributed by atoms with E-state index in [1.807, 2.05) is 0 Å². The second kappa shape index (κ2) is 3.65. The molecule has 1 aromatic rings. The van der Waals surface area contributed by atoms with Crippen molar-refractivity contribution in [3.63, 3.8) is 0 Å². The van der Waals surface area contributed by atoms with Crippen LogP contribution in [0.15, 0.2) is 4.52 Å². The minimum absolute atomic E-state index is 0.432. The smallest absolute Gasteiger partial charge is 0.227 e. The topological polar surface area (TPSA) is 78.1 Å². The summed E-state index contributed by atoms with van der Waals surface area (Å²) in [7, 11) is 0. The van der Waals surface area contributed by atoms with Crippen molar-refractivity contribution in [2.75, 3.05) is 11.5 Å². The predicted molar refractivity (Wildman–Crippen MR) is 69.6 cm³/mol. The summed E-state index contributed by atoms with van der Waals surface area (Å²) >= 11 is 0. The van der Waals surface area contributed by atoms with Crippen LogP contribution in [0.2, 0.25) is 0 Å². The SMILES string of the molecule is Nc1noc(N)c1CC1C2CC3CC(C2)CC1C3. The molecule has 1 aromatic heterocycles. The average Bonchev–Trinajstić information content (AvgIpc) is 2.64. The Morgan fingerprint density at radius 1 is 1.00 bits per heavy atom. The van der Waals surface area contributed by atoms with Gasteiger partial charge in [-0.2, -0.15) is 0 Å². The zero-order valence-electron chi connectivity index (χ0n) is 10.6. The van der Waals surface area contributed by atoms with E-state index in [4.69, 9.17) is 16.0 Å². The number of hydrogen-bond donors (Lipinski definition) is 2. The molecule has 0 atom stereocenters. The Labute approximate surface area is 107 Å². The summed E-state index contributed by atoms with van der Waals surface area (Å²) in [5.74, 6) is 5.52. The number of nitrogen functional groups attached to an aromatic ring is 2. The van der Waals surface area contributed by atoms with E-state index in [1.54, 1.807) is 0 Å². The van der Waals surface area contributed by atoms with Crippen molar-refractivity contribution in [3.05, 3.63) is 5.56 Å². The van der Waals surface area contributed by atoms with Crippen LogP contribution in [-0.2, 0) is 6.42 Å². The van der Waals surface area contributed by atoms with Crippen LogP contribution >= 0.6 is 0 Å². The highest BCUT2D eigenvalue weighted by molar-refractivity contribution is 5.50. The van der Waals surface area contributed by atoms with Gasteiger partial charge in [0.15, 0.2) is 5.82 Å². The number of nitrogens with two attached hydrogens (primary N) is 2. The lowest BCUT2D eigenvalue weighted by Gasteiger charge is -2.54. The molecule has 0 aromatic carbocycles. The summed E-state index contributed by atoms with van der Waals surface area (Å²) in [4.78, 5) is 0. The molecular weight excluding hydrogens is 226 g/mol. The Kier molecular flexibility index (Phi) is 2.17. The van der Waals surface area contributed by atoms with Gasteiger partial charge in [0.05, 0.1) is 5.56 Å². The molecule has 0 amide bonds. The van der Waals surface area contributed by atoms with Crippen LogP contribution in [0.5, 0.6) is 0 Å². The highest BCUT2D eigenvalue weighted by Crippen LogP contribution is 2.57. The minimum Gasteiger partial charge on any atom is -0.381 e. The van der Waals surface area contributed by atoms with Crippen LogP contribution in [0.25, 0.3) is 0 Å². The van der Waals surface area contributed by atoms with Crippen LogP contribution in [-0.4, -0.2) is 5.16 Å². The van der Waals surface area contributed by atoms with Crippen LogP contribution in [0.3, 0.4) is 0 Å². The third kappa shape index (κ3) is 1.47. The fourth-order valence-electron chi connectivity index (χ4n) is 5.15. The Morgan fingerprint density at radius 3 is 2.11 bits per heavy atom. The molecule has 4 aliphatic rings. The predicted octanol–water partition coefficient (Wildman–Crippen LogP) is 2.45. The van der Waals surface area contributed by atoms with E-state index in [0.29, 0.717) is 11.7 Å². The third-order valence-corrected chi connectivity index (χ3v) is 5.71. The Morgan fingerprint density at radius 2 is 1.61 bits per heavy atom. The molecular formula is C14H21N3O. The van der Waals surface area contributed by atoms with Gasteiger partial charge in [0.25, 0.3) is 0 Å². The first-order chi connectivity index (χ1) is 8.70. The highest BCUT2D eigenvalue weighted by Gasteiger charge is 2.48. The molecule has 5 rings (SSSR count). The lowest BCUT2D eigenvalue weighted by molar-refractivity contribution is -0.0359. The van der Waals surface area contributed by atoms with E-state index in [0.717, 1.165) is 41.6 Å². The number of anilines is 2. The van der Waals surface area contributed by atoms with Gasteiger partial charge in [-0.05, 0) is 68.1 Å². The van der Waals surface area contributed by atoms with Crippen molar-refractivity contribution >= 4 is 11.7 Å². The Balaban J connectivity index is 1.59. The van der Waals surface area contributed by atoms with E-state index in [-0.39, 0.29) is 0 Å². The van der Waals surface area contributed by atoms with E-state index < -0.39 is 0 Å². The van der Waals surface area contributed by atoms with Crippen LogP contribution in [0.4, 0.5) is 11.7 Å². The van der Waals surface area contributed by atoms with Gasteiger partial charge in [-0.25, -0.2) is 0 Å². The summed E-state index contributed by atoms with van der Waals surface area (Å²) in [6, 6.07) is 0. The first-order valence-corrected chi connectivity index (χ1v) is 7.20. The first-order valence-electron chi connectivity index (χ1n) is 7.20. The van der Waals surface area contributed by atoms with E-state index in [9.17, 15) is 0 Å². The molecule has 4 bridgehead atoms. The largest absolute Gasteiger partial charge is 0.381 e. The quantitative estimate of drug-likeness (QED) is 0.841. The van der Waals surface area contributed by atoms with Crippen molar-refractivity contribution < 1.29 is 4.52 Å². The van der Waals surface area contributed by atoms with Gasteiger partial charge in [0, 0.05) is 0 Å². The molecule has 4 saturated carbocycles. The monoisotopic (exact) mass is 247 g/mol. The lowest BCUT2D eigenvalue weighted by Crippen LogP contribution is -2.45. The van der Waals surface area contributed by atoms with Crippen molar-refractivity contribution in [2.45, 2.75) is 38.5 Å². The summed E-state index contributed by atoms with van der Waals surface area (Å²) < 4.78 is 4.99. The maximum Gasteiger partial charge on any atom is 0.227 e. The zero-order valence-corrected chi connectivity index (χ0v) is 10.6. The second-order valence-electron chi connectivity index (χ2n) is 6.71. The zero-order chi connectivity index (χ0) is 12.3. The van der Waals surface area contributed by atoms with Crippen LogP contribution < -0.4 is 11.5 Å². The van der Waals surface area contributed by atoms with Crippen molar-refractivity contribution in [3.8, 4) is 0 Å². The molecule has 4 N–H and O–H groups in total. The molecule has 0 unspecified atom stereocenters. The molecule has 4 fully saturated rings. The average molecular weight is 247 g/mol. The molecule has 1 heterocycles. The number of hydrogen-bond acceptors (Lipinski definition) is 4. The number of aromatic nitrogens is 1. The highest BCUT2D eigenvalue weighted by atomic mass is 16.5. The Bertz CT molecular complexity index is 420. The summed E-state index contributed by atoms with van der Waals surface area (Å²) in [6.07, 6.45) is 8.21. The first kappa shape index (κ1) is 10.7. The van der Waals surface area contributed by atoms with Gasteiger partial charge in [-0.15, -0.1) is 0 Å². The van der Waals surface area contributed by atoms with Crippen LogP contribution in [0.1, 0.15) is 37.7 Å². The molecule has 0 radical (unpaired) electrons.